The highest BCUT2D eigenvalue weighted by Crippen LogP contribution is 2.14. The van der Waals surface area contributed by atoms with Crippen molar-refractivity contribution in [1.82, 2.24) is 5.32 Å². The van der Waals surface area contributed by atoms with Crippen molar-refractivity contribution in [2.75, 3.05) is 5.32 Å². The average molecular weight is 356 g/mol. The van der Waals surface area contributed by atoms with Crippen LogP contribution in [0.1, 0.15) is 15.9 Å². The smallest absolute Gasteiger partial charge is 0.335 e. The third kappa shape index (κ3) is 5.09. The third-order valence-electron chi connectivity index (χ3n) is 3.28. The second-order valence-corrected chi connectivity index (χ2v) is 5.38. The number of hydrogen-bond donors (Lipinski definition) is 3. The number of carbonyl (C=O) groups excluding carboxylic acids is 1. The first-order chi connectivity index (χ1) is 12.0. The van der Waals surface area contributed by atoms with Gasteiger partial charge in [-0.25, -0.2) is 4.79 Å². The molecule has 126 valence electrons. The zero-order valence-corrected chi connectivity index (χ0v) is 13.7. The number of amides is 1. The van der Waals surface area contributed by atoms with Gasteiger partial charge in [0.05, 0.1) is 5.56 Å². The Bertz CT molecular complexity index is 855. The fourth-order valence-electron chi connectivity index (χ4n) is 1.93. The number of halogens is 1. The van der Waals surface area contributed by atoms with Gasteiger partial charge in [0.1, 0.15) is 11.6 Å². The van der Waals surface area contributed by atoms with E-state index in [-0.39, 0.29) is 17.7 Å². The molecule has 0 aliphatic carbocycles. The number of carboxylic acid groups (broad SMARTS) is 1. The van der Waals surface area contributed by atoms with Crippen LogP contribution in [-0.4, -0.2) is 17.0 Å². The minimum atomic E-state index is -1.03. The van der Waals surface area contributed by atoms with E-state index in [0.717, 1.165) is 5.56 Å². The highest BCUT2D eigenvalue weighted by Gasteiger charge is 2.09. The van der Waals surface area contributed by atoms with Crippen LogP contribution in [0.2, 0.25) is 5.02 Å². The van der Waals surface area contributed by atoms with E-state index in [1.165, 1.54) is 30.5 Å². The molecular formula is C18H14ClN3O3. The molecule has 3 N–H and O–H groups in total. The highest BCUT2D eigenvalue weighted by molar-refractivity contribution is 6.31. The van der Waals surface area contributed by atoms with Gasteiger partial charge in [-0.3, -0.25) is 4.79 Å². The molecule has 0 aliphatic rings. The van der Waals surface area contributed by atoms with Gasteiger partial charge in [-0.15, -0.1) is 0 Å². The van der Waals surface area contributed by atoms with E-state index >= 15 is 0 Å². The Morgan fingerprint density at radius 1 is 1.16 bits per heavy atom. The summed E-state index contributed by atoms with van der Waals surface area (Å²) in [5.74, 6) is -1.57. The van der Waals surface area contributed by atoms with Crippen LogP contribution < -0.4 is 10.6 Å². The molecule has 0 aliphatic heterocycles. The molecule has 0 aromatic heterocycles. The zero-order valence-electron chi connectivity index (χ0n) is 13.0. The summed E-state index contributed by atoms with van der Waals surface area (Å²) in [6, 6.07) is 14.8. The lowest BCUT2D eigenvalue weighted by molar-refractivity contribution is -0.117. The maximum Gasteiger partial charge on any atom is 0.335 e. The van der Waals surface area contributed by atoms with Gasteiger partial charge < -0.3 is 15.7 Å². The predicted octanol–water partition coefficient (Wildman–Crippen LogP) is 3.17. The summed E-state index contributed by atoms with van der Waals surface area (Å²) in [6.07, 6.45) is 1.26. The summed E-state index contributed by atoms with van der Waals surface area (Å²) in [5.41, 5.74) is 1.32. The molecule has 0 heterocycles. The number of carboxylic acids is 1. The molecule has 6 nitrogen and oxygen atoms in total. The van der Waals surface area contributed by atoms with Crippen LogP contribution in [0.3, 0.4) is 0 Å². The average Bonchev–Trinajstić information content (AvgIpc) is 2.62. The number of nitrogens with zero attached hydrogens (tertiary/aromatic N) is 1. The topological polar surface area (TPSA) is 102 Å². The summed E-state index contributed by atoms with van der Waals surface area (Å²) in [6.45, 7) is 0.199. The molecule has 2 aromatic carbocycles. The van der Waals surface area contributed by atoms with Gasteiger partial charge in [0.25, 0.3) is 5.91 Å². The van der Waals surface area contributed by atoms with Crippen LogP contribution in [0.15, 0.2) is 60.3 Å². The normalized spacial score (nSPS) is 10.6. The molecule has 7 heteroatoms. The summed E-state index contributed by atoms with van der Waals surface area (Å²) in [4.78, 5) is 22.8. The van der Waals surface area contributed by atoms with E-state index in [9.17, 15) is 9.59 Å². The van der Waals surface area contributed by atoms with E-state index in [1.54, 1.807) is 24.3 Å². The summed E-state index contributed by atoms with van der Waals surface area (Å²) < 4.78 is 0. The highest BCUT2D eigenvalue weighted by atomic mass is 35.5. The first-order valence-electron chi connectivity index (χ1n) is 7.23. The van der Waals surface area contributed by atoms with Crippen LogP contribution in [0.5, 0.6) is 0 Å². The molecule has 0 bridgehead atoms. The van der Waals surface area contributed by atoms with Gasteiger partial charge in [-0.1, -0.05) is 29.8 Å². The van der Waals surface area contributed by atoms with E-state index in [0.29, 0.717) is 10.7 Å². The first kappa shape index (κ1) is 18.0. The maximum absolute atomic E-state index is 12.1. The van der Waals surface area contributed by atoms with Gasteiger partial charge in [0.15, 0.2) is 0 Å². The van der Waals surface area contributed by atoms with Crippen molar-refractivity contribution in [3.63, 3.8) is 0 Å². The Morgan fingerprint density at radius 2 is 1.84 bits per heavy atom. The van der Waals surface area contributed by atoms with Crippen molar-refractivity contribution < 1.29 is 14.7 Å². The second-order valence-electron chi connectivity index (χ2n) is 4.97. The van der Waals surface area contributed by atoms with Crippen LogP contribution >= 0.6 is 11.6 Å². The molecular weight excluding hydrogens is 342 g/mol. The van der Waals surface area contributed by atoms with Gasteiger partial charge in [0, 0.05) is 23.5 Å². The lowest BCUT2D eigenvalue weighted by Crippen LogP contribution is -2.24. The van der Waals surface area contributed by atoms with Crippen molar-refractivity contribution >= 4 is 29.2 Å². The van der Waals surface area contributed by atoms with E-state index in [2.05, 4.69) is 10.6 Å². The number of aromatic carboxylic acids is 1. The van der Waals surface area contributed by atoms with Crippen molar-refractivity contribution in [2.24, 2.45) is 0 Å². The van der Waals surface area contributed by atoms with Gasteiger partial charge in [-0.05, 0) is 35.9 Å². The Kier molecular flexibility index (Phi) is 6.15. The number of rotatable bonds is 6. The fraction of sp³-hybridized carbons (Fsp3) is 0.0556. The molecule has 0 unspecified atom stereocenters. The number of hydrogen-bond acceptors (Lipinski definition) is 4. The predicted molar refractivity (Wildman–Crippen MR) is 94.0 cm³/mol. The molecule has 25 heavy (non-hydrogen) atoms. The van der Waals surface area contributed by atoms with Crippen molar-refractivity contribution in [1.29, 1.82) is 5.26 Å². The molecule has 0 radical (unpaired) electrons. The Labute approximate surface area is 149 Å². The van der Waals surface area contributed by atoms with Crippen LogP contribution in [0.25, 0.3) is 0 Å². The van der Waals surface area contributed by atoms with Gasteiger partial charge in [-0.2, -0.15) is 5.26 Å². The molecule has 0 saturated heterocycles. The molecule has 1 amide bonds. The Morgan fingerprint density at radius 3 is 2.44 bits per heavy atom. The van der Waals surface area contributed by atoms with Crippen LogP contribution in [-0.2, 0) is 11.3 Å². The number of carbonyl (C=O) groups is 2. The Hall–Kier alpha value is -3.30. The number of benzene rings is 2. The SMILES string of the molecule is N#C/C(=C/Nc1ccc(C(=O)O)cc1)C(=O)NCc1ccccc1Cl. The van der Waals surface area contributed by atoms with Crippen LogP contribution in [0, 0.1) is 11.3 Å². The van der Waals surface area contributed by atoms with Crippen LogP contribution in [0.4, 0.5) is 5.69 Å². The van der Waals surface area contributed by atoms with Crippen molar-refractivity contribution in [2.45, 2.75) is 6.54 Å². The molecule has 2 aromatic rings. The van der Waals surface area contributed by atoms with Crippen molar-refractivity contribution in [3.05, 3.63) is 76.5 Å². The lowest BCUT2D eigenvalue weighted by Gasteiger charge is -2.07. The zero-order chi connectivity index (χ0) is 18.2. The monoisotopic (exact) mass is 355 g/mol. The molecule has 0 saturated carbocycles. The summed E-state index contributed by atoms with van der Waals surface area (Å²) in [5, 5.41) is 23.9. The van der Waals surface area contributed by atoms with Gasteiger partial charge in [0.2, 0.25) is 0 Å². The second kappa shape index (κ2) is 8.52. The Balaban J connectivity index is 1.99. The summed E-state index contributed by atoms with van der Waals surface area (Å²) in [7, 11) is 0. The first-order valence-corrected chi connectivity index (χ1v) is 7.61. The standard InChI is InChI=1S/C18H14ClN3O3/c19-16-4-2-1-3-13(16)10-22-17(23)14(9-20)11-21-15-7-5-12(6-8-15)18(24)25/h1-8,11,21H,10H2,(H,22,23)(H,24,25)/b14-11-. The minimum Gasteiger partial charge on any atom is -0.478 e. The van der Waals surface area contributed by atoms with E-state index in [1.807, 2.05) is 6.07 Å². The molecule has 0 spiro atoms. The third-order valence-corrected chi connectivity index (χ3v) is 3.65. The van der Waals surface area contributed by atoms with E-state index < -0.39 is 11.9 Å². The largest absolute Gasteiger partial charge is 0.478 e. The number of anilines is 1. The quantitative estimate of drug-likeness (QED) is 0.545. The molecule has 2 rings (SSSR count). The summed E-state index contributed by atoms with van der Waals surface area (Å²) >= 11 is 6.01. The van der Waals surface area contributed by atoms with E-state index in [4.69, 9.17) is 22.0 Å². The fourth-order valence-corrected chi connectivity index (χ4v) is 2.13. The van der Waals surface area contributed by atoms with Crippen molar-refractivity contribution in [3.8, 4) is 6.07 Å². The maximum atomic E-state index is 12.1. The number of nitrogens with one attached hydrogen (secondary N) is 2. The lowest BCUT2D eigenvalue weighted by atomic mass is 10.2. The van der Waals surface area contributed by atoms with Gasteiger partial charge >= 0.3 is 5.97 Å². The minimum absolute atomic E-state index is 0.116. The number of nitriles is 1. The molecule has 0 fully saturated rings. The molecule has 0 atom stereocenters.